The smallest absolute Gasteiger partial charge is 0.320 e. The number of likely N-dealkylation sites (tertiary alicyclic amines) is 1. The number of carbonyl (C=O) groups excluding carboxylic acids is 1. The number of anilines is 2. The van der Waals surface area contributed by atoms with Crippen LogP contribution in [0.1, 0.15) is 70.6 Å². The lowest BCUT2D eigenvalue weighted by molar-refractivity contribution is -0.139. The van der Waals surface area contributed by atoms with Gasteiger partial charge in [0.2, 0.25) is 11.9 Å². The Morgan fingerprint density at radius 1 is 1.08 bits per heavy atom. The fourth-order valence-electron chi connectivity index (χ4n) is 6.30. The van der Waals surface area contributed by atoms with Crippen LogP contribution in [0.2, 0.25) is 0 Å². The second-order valence-corrected chi connectivity index (χ2v) is 13.1. The Hall–Kier alpha value is -3.88. The molecule has 14 heteroatoms. The van der Waals surface area contributed by atoms with Gasteiger partial charge >= 0.3 is 5.97 Å². The van der Waals surface area contributed by atoms with E-state index in [9.17, 15) is 9.59 Å². The minimum absolute atomic E-state index is 0.0670. The van der Waals surface area contributed by atoms with Gasteiger partial charge in [-0.2, -0.15) is 10.1 Å². The molecule has 2 fully saturated rings. The fourth-order valence-corrected chi connectivity index (χ4v) is 6.30. The number of carboxylic acids is 1. The van der Waals surface area contributed by atoms with Crippen molar-refractivity contribution in [1.29, 1.82) is 5.53 Å². The van der Waals surface area contributed by atoms with E-state index in [1.165, 1.54) is 32.1 Å². The summed E-state index contributed by atoms with van der Waals surface area (Å²) in [5.74, 6) is -0.0110. The number of hydrogen-bond acceptors (Lipinski definition) is 12. The van der Waals surface area contributed by atoms with Crippen LogP contribution in [0.15, 0.2) is 41.3 Å². The highest BCUT2D eigenvalue weighted by Crippen LogP contribution is 2.25. The summed E-state index contributed by atoms with van der Waals surface area (Å²) in [6.07, 6.45) is 12.4. The number of carboxylic acid groups (broad SMARTS) is 1. The average Bonchev–Trinajstić information content (AvgIpc) is 3.10. The molecular formula is C34H55N11O3. The molecule has 1 amide bonds. The number of rotatable bonds is 20. The summed E-state index contributed by atoms with van der Waals surface area (Å²) in [4.78, 5) is 37.1. The number of aliphatic carboxylic acids is 1. The maximum absolute atomic E-state index is 12.6. The van der Waals surface area contributed by atoms with Crippen molar-refractivity contribution in [2.75, 3.05) is 63.5 Å². The molecule has 1 saturated heterocycles. The molecule has 0 radical (unpaired) electrons. The maximum atomic E-state index is 12.6. The van der Waals surface area contributed by atoms with Crippen molar-refractivity contribution in [3.05, 3.63) is 36.2 Å². The van der Waals surface area contributed by atoms with Gasteiger partial charge in [-0.3, -0.25) is 9.59 Å². The van der Waals surface area contributed by atoms with Gasteiger partial charge in [0.15, 0.2) is 0 Å². The molecule has 2 heterocycles. The van der Waals surface area contributed by atoms with Crippen molar-refractivity contribution in [2.45, 2.75) is 88.8 Å². The molecule has 2 aromatic rings. The molecule has 2 aliphatic rings. The number of fused-ring (bicyclic) bond motifs is 1. The third-order valence-electron chi connectivity index (χ3n) is 9.23. The van der Waals surface area contributed by atoms with Crippen LogP contribution in [0.4, 0.5) is 11.8 Å². The van der Waals surface area contributed by atoms with Crippen LogP contribution in [-0.2, 0) is 9.59 Å². The third kappa shape index (κ3) is 12.3. The van der Waals surface area contributed by atoms with E-state index < -0.39 is 12.0 Å². The summed E-state index contributed by atoms with van der Waals surface area (Å²) >= 11 is 0. The Bertz CT molecular complexity index is 1340. The first kappa shape index (κ1) is 36.9. The molecule has 14 nitrogen and oxygen atoms in total. The zero-order valence-electron chi connectivity index (χ0n) is 28.4. The second-order valence-electron chi connectivity index (χ2n) is 13.1. The van der Waals surface area contributed by atoms with E-state index in [0.29, 0.717) is 37.1 Å². The summed E-state index contributed by atoms with van der Waals surface area (Å²) in [5.41, 5.74) is 14.5. The monoisotopic (exact) mass is 665 g/mol. The number of carbonyl (C=O) groups is 2. The Labute approximate surface area is 284 Å². The molecule has 48 heavy (non-hydrogen) atoms. The summed E-state index contributed by atoms with van der Waals surface area (Å²) in [6, 6.07) is 7.61. The van der Waals surface area contributed by atoms with Crippen molar-refractivity contribution < 1.29 is 14.7 Å². The first-order valence-electron chi connectivity index (χ1n) is 17.6. The molecule has 0 spiro atoms. The van der Waals surface area contributed by atoms with Crippen LogP contribution < -0.4 is 27.0 Å². The van der Waals surface area contributed by atoms with Crippen molar-refractivity contribution in [2.24, 2.45) is 10.8 Å². The first-order chi connectivity index (χ1) is 23.3. The molecule has 0 bridgehead atoms. The summed E-state index contributed by atoms with van der Waals surface area (Å²) < 4.78 is 0. The molecular weight excluding hydrogens is 610 g/mol. The standard InChI is InChI=1S/C34H55N11O3/c1-44(20-8-18-38-25-9-3-2-4-10-25)19-7-17-37-23-27(43-36)24-39-34-41-30-12-6-5-11-28(30)32(42-34)40-26-15-21-45(22-16-26)31(46)14-13-29(35)33(47)48/h5-6,11-12,23,25-26,29,36-38H,2-4,7-10,13-22,24,35H2,1H3,(H,47,48)(H2,39,40,41,42)/b27-23-,43-36?. The SMILES string of the molecule is CN(CCCN/C=C(/CNc1nc(NC2CCN(C(=O)CCC(N)C(=O)O)CC2)c2ccccc2n1)N=N)CCCNC1CCCCC1. The molecule has 1 aliphatic heterocycles. The van der Waals surface area contributed by atoms with E-state index in [1.807, 2.05) is 24.3 Å². The number of nitrogens with one attached hydrogen (secondary N) is 5. The normalized spacial score (nSPS) is 17.0. The first-order valence-corrected chi connectivity index (χ1v) is 17.6. The summed E-state index contributed by atoms with van der Waals surface area (Å²) in [5, 5.41) is 27.4. The van der Waals surface area contributed by atoms with Crippen LogP contribution >= 0.6 is 0 Å². The minimum Gasteiger partial charge on any atom is -0.480 e. The summed E-state index contributed by atoms with van der Waals surface area (Å²) in [6.45, 7) is 5.43. The number of piperidine rings is 1. The van der Waals surface area contributed by atoms with Crippen molar-refractivity contribution in [1.82, 2.24) is 30.4 Å². The number of aromatic nitrogens is 2. The van der Waals surface area contributed by atoms with Crippen LogP contribution in [0.5, 0.6) is 0 Å². The third-order valence-corrected chi connectivity index (χ3v) is 9.23. The van der Waals surface area contributed by atoms with Gasteiger partial charge in [-0.25, -0.2) is 10.5 Å². The number of para-hydroxylation sites is 1. The lowest BCUT2D eigenvalue weighted by atomic mass is 9.95. The molecule has 8 N–H and O–H groups in total. The Morgan fingerprint density at radius 3 is 2.54 bits per heavy atom. The van der Waals surface area contributed by atoms with Gasteiger partial charge in [-0.05, 0) is 83.8 Å². The predicted octanol–water partition coefficient (Wildman–Crippen LogP) is 3.73. The van der Waals surface area contributed by atoms with Gasteiger partial charge in [0, 0.05) is 49.7 Å². The van der Waals surface area contributed by atoms with E-state index in [4.69, 9.17) is 21.4 Å². The quantitative estimate of drug-likeness (QED) is 0.0804. The molecule has 1 aromatic heterocycles. The van der Waals surface area contributed by atoms with Crippen LogP contribution in [0.25, 0.3) is 10.9 Å². The zero-order valence-corrected chi connectivity index (χ0v) is 28.4. The molecule has 1 aliphatic carbocycles. The van der Waals surface area contributed by atoms with Crippen LogP contribution in [0.3, 0.4) is 0 Å². The second kappa shape index (κ2) is 19.8. The van der Waals surface area contributed by atoms with Gasteiger partial charge in [0.1, 0.15) is 11.9 Å². The minimum atomic E-state index is -1.09. The van der Waals surface area contributed by atoms with Crippen molar-refractivity contribution >= 4 is 34.5 Å². The molecule has 264 valence electrons. The van der Waals surface area contributed by atoms with E-state index in [1.54, 1.807) is 11.1 Å². The number of benzene rings is 1. The van der Waals surface area contributed by atoms with Crippen molar-refractivity contribution in [3.8, 4) is 0 Å². The lowest BCUT2D eigenvalue weighted by Crippen LogP contribution is -2.43. The van der Waals surface area contributed by atoms with E-state index >= 15 is 0 Å². The highest BCUT2D eigenvalue weighted by Gasteiger charge is 2.25. The Balaban J connectivity index is 1.19. The number of nitrogens with zero attached hydrogens (tertiary/aromatic N) is 5. The van der Waals surface area contributed by atoms with E-state index in [-0.39, 0.29) is 24.8 Å². The molecule has 1 saturated carbocycles. The fraction of sp³-hybridized carbons (Fsp3) is 0.647. The van der Waals surface area contributed by atoms with E-state index in [0.717, 1.165) is 68.8 Å². The van der Waals surface area contributed by atoms with Crippen LogP contribution in [0, 0.1) is 5.53 Å². The molecule has 4 rings (SSSR count). The predicted molar refractivity (Wildman–Crippen MR) is 189 cm³/mol. The average molecular weight is 666 g/mol. The topological polar surface area (TPSA) is 197 Å². The van der Waals surface area contributed by atoms with Gasteiger partial charge in [0.25, 0.3) is 0 Å². The highest BCUT2D eigenvalue weighted by atomic mass is 16.4. The summed E-state index contributed by atoms with van der Waals surface area (Å²) in [7, 11) is 2.17. The Kier molecular flexibility index (Phi) is 15.3. The van der Waals surface area contributed by atoms with Gasteiger partial charge < -0.3 is 41.9 Å². The zero-order chi connectivity index (χ0) is 34.1. The molecule has 1 atom stereocenters. The van der Waals surface area contributed by atoms with Gasteiger partial charge in [-0.15, -0.1) is 0 Å². The number of nitrogens with two attached hydrogens (primary N) is 1. The Morgan fingerprint density at radius 2 is 1.81 bits per heavy atom. The molecule has 1 unspecified atom stereocenters. The highest BCUT2D eigenvalue weighted by molar-refractivity contribution is 5.90. The maximum Gasteiger partial charge on any atom is 0.320 e. The van der Waals surface area contributed by atoms with Gasteiger partial charge in [-0.1, -0.05) is 31.4 Å². The lowest BCUT2D eigenvalue weighted by Gasteiger charge is -2.33. The largest absolute Gasteiger partial charge is 0.480 e. The van der Waals surface area contributed by atoms with Crippen molar-refractivity contribution in [3.63, 3.8) is 0 Å². The van der Waals surface area contributed by atoms with E-state index in [2.05, 4.69) is 43.3 Å². The number of amides is 1. The number of hydrogen-bond donors (Lipinski definition) is 7. The van der Waals surface area contributed by atoms with Crippen LogP contribution in [-0.4, -0.2) is 108 Å². The molecule has 1 aromatic carbocycles. The van der Waals surface area contributed by atoms with Gasteiger partial charge in [0.05, 0.1) is 17.8 Å².